The van der Waals surface area contributed by atoms with E-state index >= 15 is 0 Å². The molecule has 0 aliphatic rings. The molecular formula is C20H20FN7S. The highest BCUT2D eigenvalue weighted by Gasteiger charge is 2.10. The average molecular weight is 409 g/mol. The Labute approximate surface area is 171 Å². The number of nitrogens with one attached hydrogen (secondary N) is 1. The molecule has 2 aromatic heterocycles. The van der Waals surface area contributed by atoms with Crippen molar-refractivity contribution >= 4 is 11.8 Å². The molecule has 0 saturated carbocycles. The molecule has 1 N–H and O–H groups in total. The molecule has 0 saturated heterocycles. The Morgan fingerprint density at radius 2 is 1.79 bits per heavy atom. The van der Waals surface area contributed by atoms with Crippen LogP contribution in [-0.2, 0) is 6.54 Å². The lowest BCUT2D eigenvalue weighted by molar-refractivity contribution is 0.487. The van der Waals surface area contributed by atoms with E-state index in [1.54, 1.807) is 34.8 Å². The standard InChI is InChI=1S/C20H20FN7S/c21-17-12-6-5-11-16(17)19-22-20(25-23-19)29-14-8-2-7-13-28-26-18(24-27-28)15-9-3-1-4-10-15/h1,3-6,9-12H,2,7-8,13-14H2,(H,22,23,25). The normalized spacial score (nSPS) is 11.1. The molecule has 2 heterocycles. The fourth-order valence-electron chi connectivity index (χ4n) is 2.82. The molecule has 0 aliphatic heterocycles. The maximum absolute atomic E-state index is 13.8. The van der Waals surface area contributed by atoms with E-state index in [1.807, 2.05) is 30.3 Å². The number of tetrazole rings is 1. The van der Waals surface area contributed by atoms with E-state index in [0.29, 0.717) is 22.4 Å². The lowest BCUT2D eigenvalue weighted by atomic mass is 10.2. The number of hydrogen-bond acceptors (Lipinski definition) is 6. The second kappa shape index (κ2) is 9.42. The van der Waals surface area contributed by atoms with Gasteiger partial charge in [0.1, 0.15) is 5.82 Å². The Bertz CT molecular complexity index is 1050. The molecule has 0 fully saturated rings. The first-order chi connectivity index (χ1) is 14.3. The summed E-state index contributed by atoms with van der Waals surface area (Å²) in [5.41, 5.74) is 1.40. The van der Waals surface area contributed by atoms with Crippen LogP contribution in [0, 0.1) is 5.82 Å². The summed E-state index contributed by atoms with van der Waals surface area (Å²) in [5.74, 6) is 1.69. The van der Waals surface area contributed by atoms with Gasteiger partial charge in [-0.05, 0) is 30.2 Å². The van der Waals surface area contributed by atoms with E-state index in [0.717, 1.165) is 37.1 Å². The van der Waals surface area contributed by atoms with Gasteiger partial charge in [0.2, 0.25) is 11.0 Å². The third-order valence-electron chi connectivity index (χ3n) is 4.31. The maximum Gasteiger partial charge on any atom is 0.208 e. The van der Waals surface area contributed by atoms with Gasteiger partial charge in [-0.25, -0.2) is 9.37 Å². The van der Waals surface area contributed by atoms with Crippen molar-refractivity contribution in [2.75, 3.05) is 5.75 Å². The number of halogens is 1. The van der Waals surface area contributed by atoms with E-state index < -0.39 is 0 Å². The van der Waals surface area contributed by atoms with Gasteiger partial charge >= 0.3 is 0 Å². The van der Waals surface area contributed by atoms with Crippen LogP contribution in [-0.4, -0.2) is 41.1 Å². The predicted molar refractivity (Wildman–Crippen MR) is 110 cm³/mol. The van der Waals surface area contributed by atoms with E-state index in [1.165, 1.54) is 6.07 Å². The Morgan fingerprint density at radius 1 is 0.966 bits per heavy atom. The summed E-state index contributed by atoms with van der Waals surface area (Å²) in [5, 5.41) is 20.2. The van der Waals surface area contributed by atoms with Gasteiger partial charge in [-0.2, -0.15) is 4.80 Å². The zero-order valence-corrected chi connectivity index (χ0v) is 16.5. The summed E-state index contributed by atoms with van der Waals surface area (Å²) in [7, 11) is 0. The highest BCUT2D eigenvalue weighted by Crippen LogP contribution is 2.22. The fraction of sp³-hybridized carbons (Fsp3) is 0.250. The molecule has 9 heteroatoms. The summed E-state index contributed by atoms with van der Waals surface area (Å²) < 4.78 is 13.8. The molecule has 0 bridgehead atoms. The molecule has 0 radical (unpaired) electrons. The second-order valence-corrected chi connectivity index (χ2v) is 7.49. The Morgan fingerprint density at radius 3 is 2.66 bits per heavy atom. The number of thioether (sulfide) groups is 1. The van der Waals surface area contributed by atoms with Crippen LogP contribution < -0.4 is 0 Å². The molecule has 4 aromatic rings. The van der Waals surface area contributed by atoms with Crippen molar-refractivity contribution in [1.82, 2.24) is 35.4 Å². The number of hydrogen-bond donors (Lipinski definition) is 1. The van der Waals surface area contributed by atoms with Crippen LogP contribution in [0.2, 0.25) is 0 Å². The predicted octanol–water partition coefficient (Wildman–Crippen LogP) is 4.23. The van der Waals surface area contributed by atoms with E-state index in [4.69, 9.17) is 0 Å². The Balaban J connectivity index is 1.18. The molecule has 0 aliphatic carbocycles. The van der Waals surface area contributed by atoms with Crippen LogP contribution in [0.1, 0.15) is 19.3 Å². The van der Waals surface area contributed by atoms with E-state index in [9.17, 15) is 4.39 Å². The minimum absolute atomic E-state index is 0.308. The number of nitrogens with zero attached hydrogens (tertiary/aromatic N) is 6. The summed E-state index contributed by atoms with van der Waals surface area (Å²) in [6.45, 7) is 0.739. The topological polar surface area (TPSA) is 85.2 Å². The molecule has 0 atom stereocenters. The molecular weight excluding hydrogens is 389 g/mol. The summed E-state index contributed by atoms with van der Waals surface area (Å²) in [6, 6.07) is 16.4. The first-order valence-electron chi connectivity index (χ1n) is 9.43. The van der Waals surface area contributed by atoms with E-state index in [2.05, 4.69) is 30.6 Å². The smallest absolute Gasteiger partial charge is 0.208 e. The molecule has 0 spiro atoms. The maximum atomic E-state index is 13.8. The van der Waals surface area contributed by atoms with Gasteiger partial charge in [-0.15, -0.1) is 15.3 Å². The zero-order chi connectivity index (χ0) is 19.9. The van der Waals surface area contributed by atoms with Gasteiger partial charge in [-0.1, -0.05) is 60.6 Å². The highest BCUT2D eigenvalue weighted by molar-refractivity contribution is 7.99. The van der Waals surface area contributed by atoms with Gasteiger partial charge in [-0.3, -0.25) is 5.10 Å². The molecule has 0 unspecified atom stereocenters. The highest BCUT2D eigenvalue weighted by atomic mass is 32.2. The number of rotatable bonds is 9. The zero-order valence-electron chi connectivity index (χ0n) is 15.7. The fourth-order valence-corrected chi connectivity index (χ4v) is 3.62. The average Bonchev–Trinajstić information content (AvgIpc) is 3.41. The summed E-state index contributed by atoms with van der Waals surface area (Å²) in [4.78, 5) is 6.01. The van der Waals surface area contributed by atoms with E-state index in [-0.39, 0.29) is 5.82 Å². The number of aryl methyl sites for hydroxylation is 1. The first-order valence-corrected chi connectivity index (χ1v) is 10.4. The van der Waals surface area contributed by atoms with Gasteiger partial charge in [0, 0.05) is 11.3 Å². The third-order valence-corrected chi connectivity index (χ3v) is 5.25. The van der Waals surface area contributed by atoms with Crippen LogP contribution in [0.5, 0.6) is 0 Å². The van der Waals surface area contributed by atoms with Crippen LogP contribution in [0.4, 0.5) is 4.39 Å². The molecule has 148 valence electrons. The Hall–Kier alpha value is -3.07. The van der Waals surface area contributed by atoms with Crippen LogP contribution in [0.15, 0.2) is 59.8 Å². The lowest BCUT2D eigenvalue weighted by Gasteiger charge is -1.99. The van der Waals surface area contributed by atoms with Crippen LogP contribution in [0.3, 0.4) is 0 Å². The van der Waals surface area contributed by atoms with Crippen LogP contribution in [0.25, 0.3) is 22.8 Å². The van der Waals surface area contributed by atoms with Gasteiger partial charge in [0.25, 0.3) is 0 Å². The molecule has 2 aromatic carbocycles. The quantitative estimate of drug-likeness (QED) is 0.329. The van der Waals surface area contributed by atoms with Gasteiger partial charge < -0.3 is 0 Å². The SMILES string of the molecule is Fc1ccccc1-c1nc(SCCCCCn2nnc(-c3ccccc3)n2)n[nH]1. The Kier molecular flexibility index (Phi) is 6.25. The number of aromatic nitrogens is 7. The van der Waals surface area contributed by atoms with Crippen molar-refractivity contribution in [2.24, 2.45) is 0 Å². The van der Waals surface area contributed by atoms with Crippen LogP contribution >= 0.6 is 11.8 Å². The molecule has 7 nitrogen and oxygen atoms in total. The van der Waals surface area contributed by atoms with Gasteiger partial charge in [0.05, 0.1) is 12.1 Å². The van der Waals surface area contributed by atoms with Crippen molar-refractivity contribution in [1.29, 1.82) is 0 Å². The van der Waals surface area contributed by atoms with Crippen molar-refractivity contribution in [3.8, 4) is 22.8 Å². The molecule has 29 heavy (non-hydrogen) atoms. The monoisotopic (exact) mass is 409 g/mol. The molecule has 0 amide bonds. The lowest BCUT2D eigenvalue weighted by Crippen LogP contribution is -2.02. The number of aromatic amines is 1. The summed E-state index contributed by atoms with van der Waals surface area (Å²) >= 11 is 1.56. The van der Waals surface area contributed by atoms with Crippen molar-refractivity contribution in [2.45, 2.75) is 31.0 Å². The number of benzene rings is 2. The third kappa shape index (κ3) is 5.05. The minimum atomic E-state index is -0.308. The summed E-state index contributed by atoms with van der Waals surface area (Å²) in [6.07, 6.45) is 3.04. The number of unbranched alkanes of at least 4 members (excludes halogenated alkanes) is 2. The van der Waals surface area contributed by atoms with Crippen molar-refractivity contribution < 1.29 is 4.39 Å². The van der Waals surface area contributed by atoms with Gasteiger partial charge in [0.15, 0.2) is 5.82 Å². The van der Waals surface area contributed by atoms with Crippen molar-refractivity contribution in [3.63, 3.8) is 0 Å². The first kappa shape index (κ1) is 19.3. The molecule has 4 rings (SSSR count). The largest absolute Gasteiger partial charge is 0.258 e. The van der Waals surface area contributed by atoms with Crippen molar-refractivity contribution in [3.05, 3.63) is 60.4 Å². The minimum Gasteiger partial charge on any atom is -0.258 e. The second-order valence-electron chi connectivity index (χ2n) is 6.43. The number of H-pyrrole nitrogens is 1.